The molecule has 2 aromatic rings. The second-order valence-electron chi connectivity index (χ2n) is 4.17. The van der Waals surface area contributed by atoms with Crippen molar-refractivity contribution in [3.05, 3.63) is 46.2 Å². The van der Waals surface area contributed by atoms with Crippen LogP contribution in [0.4, 0.5) is 5.69 Å². The first-order chi connectivity index (χ1) is 9.13. The zero-order valence-electron chi connectivity index (χ0n) is 10.8. The lowest BCUT2D eigenvalue weighted by atomic mass is 10.1. The van der Waals surface area contributed by atoms with Gasteiger partial charge in [-0.15, -0.1) is 0 Å². The average Bonchev–Trinajstić information content (AvgIpc) is 2.92. The van der Waals surface area contributed by atoms with Crippen molar-refractivity contribution < 1.29 is 9.53 Å². The molecule has 0 spiro atoms. The van der Waals surface area contributed by atoms with Gasteiger partial charge < -0.3 is 15.8 Å². The van der Waals surface area contributed by atoms with Gasteiger partial charge in [-0.05, 0) is 41.4 Å². The quantitative estimate of drug-likeness (QED) is 0.844. The zero-order chi connectivity index (χ0) is 13.8. The molecule has 19 heavy (non-hydrogen) atoms. The van der Waals surface area contributed by atoms with Crippen molar-refractivity contribution in [1.82, 2.24) is 5.32 Å². The van der Waals surface area contributed by atoms with Crippen molar-refractivity contribution in [2.45, 2.75) is 13.0 Å². The minimum Gasteiger partial charge on any atom is -0.495 e. The second kappa shape index (κ2) is 5.75. The maximum absolute atomic E-state index is 12.2. The van der Waals surface area contributed by atoms with E-state index in [4.69, 9.17) is 10.5 Å². The van der Waals surface area contributed by atoms with Crippen LogP contribution in [0.1, 0.15) is 28.9 Å². The van der Waals surface area contributed by atoms with Gasteiger partial charge in [-0.25, -0.2) is 0 Å². The van der Waals surface area contributed by atoms with Crippen LogP contribution in [-0.4, -0.2) is 13.0 Å². The average molecular weight is 276 g/mol. The third-order valence-corrected chi connectivity index (χ3v) is 3.62. The number of para-hydroxylation sites is 1. The molecule has 1 atom stereocenters. The molecule has 3 N–H and O–H groups in total. The minimum atomic E-state index is -0.199. The fourth-order valence-electron chi connectivity index (χ4n) is 1.80. The topological polar surface area (TPSA) is 64.3 Å². The molecular weight excluding hydrogens is 260 g/mol. The number of nitrogens with two attached hydrogens (primary N) is 1. The number of nitrogen functional groups attached to an aromatic ring is 1. The van der Waals surface area contributed by atoms with Crippen LogP contribution in [0, 0.1) is 0 Å². The minimum absolute atomic E-state index is 0.0515. The van der Waals surface area contributed by atoms with Crippen molar-refractivity contribution in [2.75, 3.05) is 12.8 Å². The summed E-state index contributed by atoms with van der Waals surface area (Å²) in [5.41, 5.74) is 7.78. The number of ether oxygens (including phenoxy) is 1. The summed E-state index contributed by atoms with van der Waals surface area (Å²) in [5.74, 6) is 0.311. The first-order valence-electron chi connectivity index (χ1n) is 5.89. The van der Waals surface area contributed by atoms with E-state index in [0.717, 1.165) is 5.56 Å². The molecule has 0 aliphatic heterocycles. The summed E-state index contributed by atoms with van der Waals surface area (Å²) in [6, 6.07) is 7.11. The highest BCUT2D eigenvalue weighted by Gasteiger charge is 2.16. The Balaban J connectivity index is 2.16. The molecular formula is C14H16N2O2S. The molecule has 1 amide bonds. The predicted octanol–water partition coefficient (Wildman–Crippen LogP) is 2.83. The predicted molar refractivity (Wildman–Crippen MR) is 77.6 cm³/mol. The van der Waals surface area contributed by atoms with Crippen LogP contribution >= 0.6 is 11.3 Å². The van der Waals surface area contributed by atoms with Crippen LogP contribution in [0.3, 0.4) is 0 Å². The molecule has 0 fully saturated rings. The molecule has 0 aliphatic carbocycles. The molecule has 100 valence electrons. The van der Waals surface area contributed by atoms with Gasteiger partial charge in [0.2, 0.25) is 0 Å². The van der Waals surface area contributed by atoms with Gasteiger partial charge >= 0.3 is 0 Å². The van der Waals surface area contributed by atoms with E-state index in [0.29, 0.717) is 17.0 Å². The fraction of sp³-hybridized carbons (Fsp3) is 0.214. The number of carbonyl (C=O) groups is 1. The van der Waals surface area contributed by atoms with Crippen molar-refractivity contribution in [3.8, 4) is 5.75 Å². The van der Waals surface area contributed by atoms with Crippen molar-refractivity contribution in [3.63, 3.8) is 0 Å². The molecule has 0 bridgehead atoms. The van der Waals surface area contributed by atoms with Gasteiger partial charge in [0.15, 0.2) is 0 Å². The largest absolute Gasteiger partial charge is 0.495 e. The van der Waals surface area contributed by atoms with E-state index < -0.39 is 0 Å². The second-order valence-corrected chi connectivity index (χ2v) is 4.95. The Morgan fingerprint density at radius 1 is 1.42 bits per heavy atom. The first-order valence-corrected chi connectivity index (χ1v) is 6.83. The van der Waals surface area contributed by atoms with Gasteiger partial charge in [-0.3, -0.25) is 4.79 Å². The Labute approximate surface area is 116 Å². The lowest BCUT2D eigenvalue weighted by Crippen LogP contribution is -2.27. The van der Waals surface area contributed by atoms with Gasteiger partial charge in [0.25, 0.3) is 5.91 Å². The maximum atomic E-state index is 12.2. The summed E-state index contributed by atoms with van der Waals surface area (Å²) < 4.78 is 5.11. The molecule has 1 aromatic heterocycles. The van der Waals surface area contributed by atoms with Crippen LogP contribution in [0.15, 0.2) is 35.0 Å². The number of rotatable bonds is 4. The molecule has 4 nitrogen and oxygen atoms in total. The smallest absolute Gasteiger partial charge is 0.253 e. The number of hydrogen-bond acceptors (Lipinski definition) is 4. The Kier molecular flexibility index (Phi) is 4.06. The van der Waals surface area contributed by atoms with Crippen LogP contribution < -0.4 is 15.8 Å². The van der Waals surface area contributed by atoms with Crippen LogP contribution in [0.5, 0.6) is 5.75 Å². The Hall–Kier alpha value is -2.01. The van der Waals surface area contributed by atoms with Gasteiger partial charge in [0.1, 0.15) is 5.75 Å². The van der Waals surface area contributed by atoms with Gasteiger partial charge in [0, 0.05) is 0 Å². The third-order valence-electron chi connectivity index (χ3n) is 2.92. The molecule has 5 heteroatoms. The number of nitrogens with one attached hydrogen (secondary N) is 1. The van der Waals surface area contributed by atoms with E-state index in [1.54, 1.807) is 29.5 Å². The van der Waals surface area contributed by atoms with Crippen LogP contribution in [0.25, 0.3) is 0 Å². The van der Waals surface area contributed by atoms with E-state index >= 15 is 0 Å². The molecule has 1 aromatic carbocycles. The summed E-state index contributed by atoms with van der Waals surface area (Å²) in [4.78, 5) is 12.2. The lowest BCUT2D eigenvalue weighted by Gasteiger charge is -2.14. The van der Waals surface area contributed by atoms with E-state index in [1.165, 1.54) is 7.11 Å². The summed E-state index contributed by atoms with van der Waals surface area (Å²) >= 11 is 1.60. The molecule has 0 radical (unpaired) electrons. The van der Waals surface area contributed by atoms with E-state index in [1.807, 2.05) is 23.8 Å². The lowest BCUT2D eigenvalue weighted by molar-refractivity contribution is 0.0940. The monoisotopic (exact) mass is 276 g/mol. The third kappa shape index (κ3) is 2.88. The van der Waals surface area contributed by atoms with Gasteiger partial charge in [-0.1, -0.05) is 6.07 Å². The Morgan fingerprint density at radius 2 is 2.21 bits per heavy atom. The molecule has 1 unspecified atom stereocenters. The van der Waals surface area contributed by atoms with Crippen LogP contribution in [-0.2, 0) is 0 Å². The standard InChI is InChI=1S/C14H16N2O2S/c1-9(10-6-7-19-8-10)16-14(17)11-4-3-5-12(18-2)13(11)15/h3-9H,15H2,1-2H3,(H,16,17). The number of carbonyl (C=O) groups excluding carboxylic acids is 1. The molecule has 0 aliphatic rings. The number of methoxy groups -OCH3 is 1. The van der Waals surface area contributed by atoms with E-state index in [9.17, 15) is 4.79 Å². The summed E-state index contributed by atoms with van der Waals surface area (Å²) in [5, 5.41) is 6.92. The van der Waals surface area contributed by atoms with Crippen LogP contribution in [0.2, 0.25) is 0 Å². The summed E-state index contributed by atoms with van der Waals surface area (Å²) in [6.45, 7) is 1.94. The van der Waals surface area contributed by atoms with E-state index in [-0.39, 0.29) is 11.9 Å². The normalized spacial score (nSPS) is 11.9. The number of anilines is 1. The molecule has 1 heterocycles. The highest BCUT2D eigenvalue weighted by atomic mass is 32.1. The molecule has 2 rings (SSSR count). The highest BCUT2D eigenvalue weighted by Crippen LogP contribution is 2.25. The number of hydrogen-bond donors (Lipinski definition) is 2. The fourth-order valence-corrected chi connectivity index (χ4v) is 2.55. The maximum Gasteiger partial charge on any atom is 0.253 e. The summed E-state index contributed by atoms with van der Waals surface area (Å²) in [6.07, 6.45) is 0. The van der Waals surface area contributed by atoms with Crippen molar-refractivity contribution in [1.29, 1.82) is 0 Å². The number of thiophene rings is 1. The highest BCUT2D eigenvalue weighted by molar-refractivity contribution is 7.07. The Morgan fingerprint density at radius 3 is 2.84 bits per heavy atom. The van der Waals surface area contributed by atoms with E-state index in [2.05, 4.69) is 5.32 Å². The first kappa shape index (κ1) is 13.4. The zero-order valence-corrected chi connectivity index (χ0v) is 11.7. The van der Waals surface area contributed by atoms with Gasteiger partial charge in [-0.2, -0.15) is 11.3 Å². The van der Waals surface area contributed by atoms with Gasteiger partial charge in [0.05, 0.1) is 24.4 Å². The Bertz CT molecular complexity index is 567. The molecule has 0 saturated carbocycles. The SMILES string of the molecule is COc1cccc(C(=O)NC(C)c2ccsc2)c1N. The summed E-state index contributed by atoms with van der Waals surface area (Å²) in [7, 11) is 1.53. The molecule has 0 saturated heterocycles. The van der Waals surface area contributed by atoms with Crippen molar-refractivity contribution >= 4 is 22.9 Å². The number of amides is 1. The number of benzene rings is 1. The van der Waals surface area contributed by atoms with Crippen molar-refractivity contribution in [2.24, 2.45) is 0 Å².